The van der Waals surface area contributed by atoms with E-state index in [2.05, 4.69) is 46.1 Å². The first-order valence-electron chi connectivity index (χ1n) is 12.2. The van der Waals surface area contributed by atoms with Crippen LogP contribution in [-0.4, -0.2) is 20.7 Å². The van der Waals surface area contributed by atoms with Crippen LogP contribution in [0.15, 0.2) is 65.0 Å². The molecule has 7 nitrogen and oxygen atoms in total. The Kier molecular flexibility index (Phi) is 7.06. The Morgan fingerprint density at radius 1 is 1.08 bits per heavy atom. The summed E-state index contributed by atoms with van der Waals surface area (Å²) in [6, 6.07) is 22.2. The molecule has 2 aromatic carbocycles. The minimum atomic E-state index is -0.522. The van der Waals surface area contributed by atoms with E-state index in [4.69, 9.17) is 5.73 Å². The molecule has 188 valence electrons. The maximum absolute atomic E-state index is 13.4. The number of carbonyl (C=O) groups is 1. The monoisotopic (exact) mass is 536 g/mol. The normalized spacial score (nSPS) is 11.8. The fourth-order valence-corrected chi connectivity index (χ4v) is 6.50. The summed E-state index contributed by atoms with van der Waals surface area (Å²) in [6.45, 7) is 4.88. The number of anilines is 2. The van der Waals surface area contributed by atoms with Gasteiger partial charge in [0.1, 0.15) is 28.5 Å². The van der Waals surface area contributed by atoms with Gasteiger partial charge in [-0.2, -0.15) is 10.5 Å². The van der Waals surface area contributed by atoms with Gasteiger partial charge in [-0.25, -0.2) is 4.98 Å². The summed E-state index contributed by atoms with van der Waals surface area (Å²) in [6.07, 6.45) is 0.509. The Balaban J connectivity index is 1.47. The van der Waals surface area contributed by atoms with E-state index in [1.807, 2.05) is 54.8 Å². The maximum atomic E-state index is 13.4. The second kappa shape index (κ2) is 10.6. The van der Waals surface area contributed by atoms with Crippen molar-refractivity contribution in [1.29, 1.82) is 10.5 Å². The van der Waals surface area contributed by atoms with Gasteiger partial charge in [0.2, 0.25) is 5.91 Å². The van der Waals surface area contributed by atoms with Gasteiger partial charge in [0, 0.05) is 44.5 Å². The Bertz CT molecular complexity index is 1760. The molecule has 0 fully saturated rings. The highest BCUT2D eigenvalue weighted by molar-refractivity contribution is 8.00. The molecule has 3 aromatic heterocycles. The Hall–Kier alpha value is -4.31. The lowest BCUT2D eigenvalue weighted by Gasteiger charge is -2.17. The maximum Gasteiger partial charge on any atom is 0.237 e. The van der Waals surface area contributed by atoms with Gasteiger partial charge in [-0.3, -0.25) is 4.79 Å². The van der Waals surface area contributed by atoms with Crippen LogP contribution in [-0.2, 0) is 11.3 Å². The summed E-state index contributed by atoms with van der Waals surface area (Å²) >= 11 is 2.61. The Morgan fingerprint density at radius 3 is 2.53 bits per heavy atom. The molecule has 5 aromatic rings. The highest BCUT2D eigenvalue weighted by Crippen LogP contribution is 2.39. The molecule has 1 atom stereocenters. The van der Waals surface area contributed by atoms with Gasteiger partial charge in [0.15, 0.2) is 0 Å². The van der Waals surface area contributed by atoms with Crippen LogP contribution >= 0.6 is 23.1 Å². The predicted octanol–water partition coefficient (Wildman–Crippen LogP) is 6.77. The first-order valence-corrected chi connectivity index (χ1v) is 13.9. The van der Waals surface area contributed by atoms with Crippen molar-refractivity contribution in [2.45, 2.75) is 37.1 Å². The third-order valence-corrected chi connectivity index (χ3v) is 8.69. The number of nitrogens with zero attached hydrogens (tertiary/aromatic N) is 4. The average Bonchev–Trinajstić information content (AvgIpc) is 3.57. The van der Waals surface area contributed by atoms with Crippen molar-refractivity contribution in [1.82, 2.24) is 9.55 Å². The second-order valence-corrected chi connectivity index (χ2v) is 10.8. The van der Waals surface area contributed by atoms with Gasteiger partial charge in [0.25, 0.3) is 0 Å². The molecule has 0 bridgehead atoms. The molecule has 5 rings (SSSR count). The summed E-state index contributed by atoms with van der Waals surface area (Å²) in [5.74, 6) is -0.146. The molecular formula is C29H24N6OS2. The second-order valence-electron chi connectivity index (χ2n) is 8.63. The van der Waals surface area contributed by atoms with Gasteiger partial charge in [-0.1, -0.05) is 43.0 Å². The molecule has 38 heavy (non-hydrogen) atoms. The number of nitriles is 2. The Morgan fingerprint density at radius 2 is 1.84 bits per heavy atom. The molecule has 0 spiro atoms. The number of hydrogen-bond acceptors (Lipinski definition) is 7. The zero-order valence-corrected chi connectivity index (χ0v) is 22.5. The van der Waals surface area contributed by atoms with Gasteiger partial charge >= 0.3 is 0 Å². The quantitative estimate of drug-likeness (QED) is 0.221. The van der Waals surface area contributed by atoms with Gasteiger partial charge in [-0.15, -0.1) is 11.3 Å². The molecule has 1 amide bonds. The van der Waals surface area contributed by atoms with Crippen molar-refractivity contribution in [2.75, 3.05) is 11.1 Å². The summed E-state index contributed by atoms with van der Waals surface area (Å²) in [4.78, 5) is 18.5. The number of nitrogens with one attached hydrogen (secondary N) is 1. The number of nitrogen functional groups attached to an aromatic ring is 1. The molecule has 0 aliphatic rings. The largest absolute Gasteiger partial charge is 0.383 e. The SMILES string of the molecule is CCC(Sc1nc(N)c(C#N)c(-c2cccs2)c1C#N)C(=O)Nc1ccc2c(c1)c1ccccc1n2CC. The third-order valence-electron chi connectivity index (χ3n) is 6.46. The van der Waals surface area contributed by atoms with Crippen molar-refractivity contribution in [3.8, 4) is 22.6 Å². The first kappa shape index (κ1) is 25.3. The van der Waals surface area contributed by atoms with Crippen LogP contribution < -0.4 is 11.1 Å². The first-order chi connectivity index (χ1) is 18.5. The van der Waals surface area contributed by atoms with Crippen LogP contribution in [0.4, 0.5) is 11.5 Å². The number of hydrogen-bond donors (Lipinski definition) is 2. The minimum Gasteiger partial charge on any atom is -0.383 e. The third kappa shape index (κ3) is 4.37. The molecule has 0 aliphatic heterocycles. The summed E-state index contributed by atoms with van der Waals surface area (Å²) < 4.78 is 2.26. The standard InChI is InChI=1S/C29H24N6OS2/c1-3-24(38-29-21(16-31)26(25-10-7-13-37-25)20(15-30)27(32)34-29)28(36)33-17-11-12-23-19(14-17)18-8-5-6-9-22(18)35(23)4-2/h5-14,24H,3-4H2,1-2H3,(H2,32,34)(H,33,36). The van der Waals surface area contributed by atoms with Gasteiger partial charge in [-0.05, 0) is 49.1 Å². The zero-order valence-electron chi connectivity index (χ0n) is 20.9. The fraction of sp³-hybridized carbons (Fsp3) is 0.172. The summed E-state index contributed by atoms with van der Waals surface area (Å²) in [5.41, 5.74) is 10.0. The van der Waals surface area contributed by atoms with Crippen LogP contribution in [0.3, 0.4) is 0 Å². The van der Waals surface area contributed by atoms with Gasteiger partial charge < -0.3 is 15.6 Å². The van der Waals surface area contributed by atoms with E-state index in [0.29, 0.717) is 22.7 Å². The molecule has 0 saturated carbocycles. The minimum absolute atomic E-state index is 0.0467. The number of thioether (sulfide) groups is 1. The zero-order chi connectivity index (χ0) is 26.8. The van der Waals surface area contributed by atoms with Crippen LogP contribution in [0.2, 0.25) is 0 Å². The molecule has 0 aliphatic carbocycles. The van der Waals surface area contributed by atoms with Gasteiger partial charge in [0.05, 0.1) is 10.8 Å². The number of nitrogens with two attached hydrogens (primary N) is 1. The Labute approximate surface area is 228 Å². The topological polar surface area (TPSA) is 121 Å². The number of para-hydroxylation sites is 1. The van der Waals surface area contributed by atoms with Crippen LogP contribution in [0, 0.1) is 22.7 Å². The average molecular weight is 537 g/mol. The number of rotatable bonds is 7. The van der Waals surface area contributed by atoms with E-state index >= 15 is 0 Å². The number of pyridine rings is 1. The van der Waals surface area contributed by atoms with E-state index in [1.165, 1.54) is 23.1 Å². The van der Waals surface area contributed by atoms with Crippen molar-refractivity contribution in [3.63, 3.8) is 0 Å². The lowest BCUT2D eigenvalue weighted by Crippen LogP contribution is -2.25. The van der Waals surface area contributed by atoms with E-state index < -0.39 is 5.25 Å². The molecule has 9 heteroatoms. The number of thiophene rings is 1. The molecule has 1 unspecified atom stereocenters. The number of carbonyl (C=O) groups excluding carboxylic acids is 1. The van der Waals surface area contributed by atoms with E-state index in [0.717, 1.165) is 33.2 Å². The van der Waals surface area contributed by atoms with Crippen molar-refractivity contribution in [3.05, 3.63) is 71.1 Å². The highest BCUT2D eigenvalue weighted by Gasteiger charge is 2.26. The van der Waals surface area contributed by atoms with E-state index in [1.54, 1.807) is 0 Å². The predicted molar refractivity (Wildman–Crippen MR) is 155 cm³/mol. The fourth-order valence-electron chi connectivity index (χ4n) is 4.70. The molecule has 3 N–H and O–H groups in total. The van der Waals surface area contributed by atoms with Crippen molar-refractivity contribution in [2.24, 2.45) is 0 Å². The number of aryl methyl sites for hydroxylation is 1. The van der Waals surface area contributed by atoms with Crippen LogP contribution in [0.5, 0.6) is 0 Å². The van der Waals surface area contributed by atoms with E-state index in [-0.39, 0.29) is 22.9 Å². The summed E-state index contributed by atoms with van der Waals surface area (Å²) in [7, 11) is 0. The van der Waals surface area contributed by atoms with Crippen LogP contribution in [0.25, 0.3) is 32.2 Å². The van der Waals surface area contributed by atoms with Crippen molar-refractivity contribution < 1.29 is 4.79 Å². The number of fused-ring (bicyclic) bond motifs is 3. The summed E-state index contributed by atoms with van der Waals surface area (Å²) in [5, 5.41) is 26.7. The molecule has 3 heterocycles. The molecule has 0 radical (unpaired) electrons. The van der Waals surface area contributed by atoms with E-state index in [9.17, 15) is 15.3 Å². The number of amides is 1. The van der Waals surface area contributed by atoms with Crippen LogP contribution in [0.1, 0.15) is 31.4 Å². The molecular weight excluding hydrogens is 512 g/mol. The highest BCUT2D eigenvalue weighted by atomic mass is 32.2. The number of aromatic nitrogens is 2. The lowest BCUT2D eigenvalue weighted by molar-refractivity contribution is -0.115. The lowest BCUT2D eigenvalue weighted by atomic mass is 10.0. The van der Waals surface area contributed by atoms with Crippen molar-refractivity contribution >= 4 is 62.3 Å². The smallest absolute Gasteiger partial charge is 0.237 e. The number of benzene rings is 2. The molecule has 0 saturated heterocycles.